The Morgan fingerprint density at radius 2 is 1.71 bits per heavy atom. The molecule has 1 aromatic carbocycles. The van der Waals surface area contributed by atoms with Crippen molar-refractivity contribution < 1.29 is 31.5 Å². The summed E-state index contributed by atoms with van der Waals surface area (Å²) < 4.78 is 70.8. The lowest BCUT2D eigenvalue weighted by Gasteiger charge is -2.34. The van der Waals surface area contributed by atoms with Crippen LogP contribution in [0.5, 0.6) is 0 Å². The smallest absolute Gasteiger partial charge is 0.390 e. The van der Waals surface area contributed by atoms with Crippen molar-refractivity contribution in [2.75, 3.05) is 70.9 Å². The fraction of sp³-hybridized carbons (Fsp3) is 0.571. The molecule has 0 spiro atoms. The fourth-order valence-corrected chi connectivity index (χ4v) is 9.27. The van der Waals surface area contributed by atoms with Crippen molar-refractivity contribution in [2.45, 2.75) is 62.4 Å². The van der Waals surface area contributed by atoms with Gasteiger partial charge < -0.3 is 14.9 Å². The lowest BCUT2D eigenvalue weighted by atomic mass is 9.90. The lowest BCUT2D eigenvalue weighted by Crippen LogP contribution is -2.48. The van der Waals surface area contributed by atoms with E-state index in [1.165, 1.54) is 28.9 Å². The maximum atomic E-state index is 14.2. The summed E-state index contributed by atoms with van der Waals surface area (Å²) >= 11 is 1.13. The Hall–Kier alpha value is -3.02. The van der Waals surface area contributed by atoms with Gasteiger partial charge in [0.1, 0.15) is 0 Å². The maximum absolute atomic E-state index is 14.2. The summed E-state index contributed by atoms with van der Waals surface area (Å²) in [6.45, 7) is 7.28. The van der Waals surface area contributed by atoms with E-state index in [1.807, 2.05) is 12.4 Å². The molecule has 2 aromatic heterocycles. The second kappa shape index (κ2) is 15.9. The Labute approximate surface area is 301 Å². The molecule has 1 amide bonds. The van der Waals surface area contributed by atoms with E-state index >= 15 is 0 Å². The molecule has 1 atom stereocenters. The maximum Gasteiger partial charge on any atom is 0.417 e. The van der Waals surface area contributed by atoms with Crippen molar-refractivity contribution in [1.29, 1.82) is 0 Å². The Morgan fingerprint density at radius 1 is 1.00 bits per heavy atom. The van der Waals surface area contributed by atoms with Gasteiger partial charge in [0.15, 0.2) is 0 Å². The Kier molecular flexibility index (Phi) is 11.8. The quantitative estimate of drug-likeness (QED) is 0.293. The number of rotatable bonds is 11. The Morgan fingerprint density at radius 3 is 2.35 bits per heavy atom. The minimum absolute atomic E-state index is 0.0203. The summed E-state index contributed by atoms with van der Waals surface area (Å²) in [5.41, 5.74) is 2.89. The van der Waals surface area contributed by atoms with E-state index in [0.717, 1.165) is 55.7 Å². The molecule has 1 unspecified atom stereocenters. The minimum atomic E-state index is -4.56. The molecule has 5 heterocycles. The number of thioether (sulfide) groups is 1. The highest BCUT2D eigenvalue weighted by Gasteiger charge is 2.35. The predicted molar refractivity (Wildman–Crippen MR) is 190 cm³/mol. The van der Waals surface area contributed by atoms with E-state index in [9.17, 15) is 31.5 Å². The van der Waals surface area contributed by atoms with Gasteiger partial charge in [-0.3, -0.25) is 19.4 Å². The molecule has 0 aliphatic carbocycles. The van der Waals surface area contributed by atoms with Crippen molar-refractivity contribution >= 4 is 27.7 Å². The number of hydrogen-bond acceptors (Lipinski definition) is 9. The highest BCUT2D eigenvalue weighted by atomic mass is 32.2. The van der Waals surface area contributed by atoms with Crippen LogP contribution in [0, 0.1) is 0 Å². The van der Waals surface area contributed by atoms with Gasteiger partial charge in [-0.15, -0.1) is 11.8 Å². The van der Waals surface area contributed by atoms with E-state index in [2.05, 4.69) is 26.9 Å². The van der Waals surface area contributed by atoms with Crippen LogP contribution in [0.25, 0.3) is 11.3 Å². The van der Waals surface area contributed by atoms with Gasteiger partial charge in [0.25, 0.3) is 0 Å². The molecule has 16 heteroatoms. The number of alkyl halides is 3. The topological polar surface area (TPSA) is 115 Å². The van der Waals surface area contributed by atoms with Gasteiger partial charge in [-0.2, -0.15) is 22.6 Å². The average molecular weight is 750 g/mol. The van der Waals surface area contributed by atoms with Gasteiger partial charge in [-0.05, 0) is 61.7 Å². The van der Waals surface area contributed by atoms with Gasteiger partial charge >= 0.3 is 6.18 Å². The largest absolute Gasteiger partial charge is 0.417 e. The summed E-state index contributed by atoms with van der Waals surface area (Å²) in [4.78, 5) is 22.0. The number of halogens is 3. The number of aliphatic hydroxyl groups excluding tert-OH is 1. The number of likely N-dealkylation sites (tertiary alicyclic amines) is 1. The summed E-state index contributed by atoms with van der Waals surface area (Å²) in [7, 11) is -3.53. The number of nitrogens with zero attached hydrogens (tertiary/aromatic N) is 7. The van der Waals surface area contributed by atoms with Crippen LogP contribution >= 0.6 is 11.8 Å². The molecule has 3 aliphatic rings. The van der Waals surface area contributed by atoms with Gasteiger partial charge in [-0.25, -0.2) is 8.42 Å². The van der Waals surface area contributed by atoms with Gasteiger partial charge in [0.05, 0.1) is 30.2 Å². The molecule has 2 saturated heterocycles. The number of carbonyl (C=O) groups excluding carboxylic acids is 1. The van der Waals surface area contributed by atoms with E-state index in [4.69, 9.17) is 5.10 Å². The molecule has 2 fully saturated rings. The first-order valence-electron chi connectivity index (χ1n) is 17.4. The zero-order valence-corrected chi connectivity index (χ0v) is 30.7. The SMILES string of the molecule is CC(=O)N1CCN(CCSc2cc(-c3nn(CC(O)CN4CCC(c5ccncc5)CC4)c4c3CN(S(C)(=O)=O)CC4)ccc2C(F)(F)F)CC1. The number of piperazine rings is 1. The van der Waals surface area contributed by atoms with Crippen LogP contribution in [-0.2, 0) is 40.5 Å². The number of hydrogen-bond donors (Lipinski definition) is 1. The molecule has 0 radical (unpaired) electrons. The number of carbonyl (C=O) groups is 1. The van der Waals surface area contributed by atoms with Crippen LogP contribution in [0.2, 0.25) is 0 Å². The molecule has 51 heavy (non-hydrogen) atoms. The van der Waals surface area contributed by atoms with Crippen LogP contribution in [0.1, 0.15) is 48.1 Å². The second-order valence-corrected chi connectivity index (χ2v) is 16.8. The molecule has 11 nitrogen and oxygen atoms in total. The molecule has 6 rings (SSSR count). The molecule has 278 valence electrons. The standard InChI is InChI=1S/C35H46F3N7O4S2/c1-25(46)43-17-15-41(16-18-43)19-20-50-33-21-28(3-4-31(33)35(36,37)38)34-30-24-44(51(2,48)49)14-9-32(30)45(40-34)23-29(47)22-42-12-7-27(8-13-42)26-5-10-39-11-6-26/h3-6,10-11,21,27,29,47H,7-9,12-20,22-24H2,1-2H3. The van der Waals surface area contributed by atoms with Crippen molar-refractivity contribution in [1.82, 2.24) is 33.8 Å². The Bertz CT molecular complexity index is 1780. The molecule has 3 aromatic rings. The number of fused-ring (bicyclic) bond motifs is 1. The zero-order valence-electron chi connectivity index (χ0n) is 29.1. The molecular formula is C35H46F3N7O4S2. The van der Waals surface area contributed by atoms with Gasteiger partial charge in [-0.1, -0.05) is 6.07 Å². The van der Waals surface area contributed by atoms with Crippen LogP contribution < -0.4 is 0 Å². The van der Waals surface area contributed by atoms with Crippen molar-refractivity contribution in [2.24, 2.45) is 0 Å². The number of aromatic nitrogens is 3. The predicted octanol–water partition coefficient (Wildman–Crippen LogP) is 3.78. The number of amides is 1. The van der Waals surface area contributed by atoms with Crippen LogP contribution in [-0.4, -0.2) is 130 Å². The first-order valence-corrected chi connectivity index (χ1v) is 20.3. The second-order valence-electron chi connectivity index (χ2n) is 13.7. The fourth-order valence-electron chi connectivity index (χ4n) is 7.37. The van der Waals surface area contributed by atoms with E-state index in [0.29, 0.717) is 74.2 Å². The van der Waals surface area contributed by atoms with Crippen molar-refractivity contribution in [3.8, 4) is 11.3 Å². The van der Waals surface area contributed by atoms with Crippen LogP contribution in [0.4, 0.5) is 13.2 Å². The third kappa shape index (κ3) is 9.32. The third-order valence-electron chi connectivity index (χ3n) is 10.2. The lowest BCUT2D eigenvalue weighted by molar-refractivity contribution is -0.139. The Balaban J connectivity index is 1.19. The first kappa shape index (κ1) is 37.7. The molecule has 0 saturated carbocycles. The van der Waals surface area contributed by atoms with Crippen LogP contribution in [0.3, 0.4) is 0 Å². The highest BCUT2D eigenvalue weighted by molar-refractivity contribution is 7.99. The summed E-state index contributed by atoms with van der Waals surface area (Å²) in [5, 5.41) is 16.1. The van der Waals surface area contributed by atoms with Gasteiger partial charge in [0, 0.05) is 106 Å². The number of piperidine rings is 1. The number of benzene rings is 1. The number of aliphatic hydroxyl groups is 1. The van der Waals surface area contributed by atoms with E-state index in [-0.39, 0.29) is 30.4 Å². The molecule has 3 aliphatic heterocycles. The van der Waals surface area contributed by atoms with E-state index in [1.54, 1.807) is 9.58 Å². The summed E-state index contributed by atoms with van der Waals surface area (Å²) in [6, 6.07) is 8.10. The van der Waals surface area contributed by atoms with Gasteiger partial charge in [0.2, 0.25) is 15.9 Å². The zero-order chi connectivity index (χ0) is 36.3. The summed E-state index contributed by atoms with van der Waals surface area (Å²) in [6.07, 6.45) is 1.79. The first-order chi connectivity index (χ1) is 24.3. The summed E-state index contributed by atoms with van der Waals surface area (Å²) in [5.74, 6) is 0.898. The third-order valence-corrected chi connectivity index (χ3v) is 12.5. The highest BCUT2D eigenvalue weighted by Crippen LogP contribution is 2.40. The normalized spacial score (nSPS) is 19.3. The van der Waals surface area contributed by atoms with Crippen molar-refractivity contribution in [3.05, 3.63) is 65.1 Å². The minimum Gasteiger partial charge on any atom is -0.390 e. The molecular weight excluding hydrogens is 704 g/mol. The number of pyridine rings is 1. The average Bonchev–Trinajstić information content (AvgIpc) is 3.45. The monoisotopic (exact) mass is 749 g/mol. The van der Waals surface area contributed by atoms with Crippen LogP contribution in [0.15, 0.2) is 47.6 Å². The van der Waals surface area contributed by atoms with E-state index < -0.39 is 27.9 Å². The number of β-amino-alcohol motifs (C(OH)–C–C–N with tert-alkyl or cyclic N) is 1. The number of sulfonamides is 1. The van der Waals surface area contributed by atoms with Crippen molar-refractivity contribution in [3.63, 3.8) is 0 Å². The molecule has 1 N–H and O–H groups in total. The molecule has 0 bridgehead atoms.